The number of carbonyl (C=O) groups is 2. The molecule has 1 aliphatic heterocycles. The fraction of sp³-hybridized carbons (Fsp3) is 0.286. The van der Waals surface area contributed by atoms with Gasteiger partial charge >= 0.3 is 0 Å². The van der Waals surface area contributed by atoms with Gasteiger partial charge in [-0.2, -0.15) is 0 Å². The van der Waals surface area contributed by atoms with Crippen molar-refractivity contribution < 1.29 is 14.3 Å². The van der Waals surface area contributed by atoms with Crippen LogP contribution < -0.4 is 10.1 Å². The first kappa shape index (κ1) is 22.6. The fourth-order valence-corrected chi connectivity index (χ4v) is 4.50. The highest BCUT2D eigenvalue weighted by Crippen LogP contribution is 2.35. The Morgan fingerprint density at radius 1 is 0.970 bits per heavy atom. The lowest BCUT2D eigenvalue weighted by atomic mass is 9.87. The normalized spacial score (nSPS) is 17.9. The highest BCUT2D eigenvalue weighted by molar-refractivity contribution is 5.93. The summed E-state index contributed by atoms with van der Waals surface area (Å²) in [5.41, 5.74) is 3.97. The number of benzene rings is 3. The van der Waals surface area contributed by atoms with E-state index in [-0.39, 0.29) is 23.8 Å². The number of nitrogens with zero attached hydrogens (tertiary/aromatic N) is 1. The highest BCUT2D eigenvalue weighted by Gasteiger charge is 2.35. The Bertz CT molecular complexity index is 1110. The van der Waals surface area contributed by atoms with Crippen molar-refractivity contribution in [2.24, 2.45) is 5.92 Å². The van der Waals surface area contributed by atoms with Crippen LogP contribution >= 0.6 is 0 Å². The molecular weight excluding hydrogens is 412 g/mol. The van der Waals surface area contributed by atoms with Gasteiger partial charge in [-0.3, -0.25) is 9.59 Å². The van der Waals surface area contributed by atoms with E-state index in [0.717, 1.165) is 24.0 Å². The van der Waals surface area contributed by atoms with E-state index in [9.17, 15) is 9.59 Å². The molecule has 2 unspecified atom stereocenters. The molecule has 2 amide bonds. The minimum absolute atomic E-state index is 0.0259. The van der Waals surface area contributed by atoms with Gasteiger partial charge in [-0.15, -0.1) is 0 Å². The second-order valence-electron chi connectivity index (χ2n) is 8.63. The van der Waals surface area contributed by atoms with Crippen molar-refractivity contribution in [1.82, 2.24) is 4.90 Å². The van der Waals surface area contributed by atoms with Crippen molar-refractivity contribution in [1.29, 1.82) is 0 Å². The SMILES string of the molecule is COc1cccc(NC(=O)C2CCC(c3cccc(C)c3)N(C(=O)Cc3ccccc3)C2)c1. The van der Waals surface area contributed by atoms with Gasteiger partial charge in [-0.05, 0) is 43.0 Å². The molecule has 1 heterocycles. The number of piperidine rings is 1. The number of likely N-dealkylation sites (tertiary alicyclic amines) is 1. The van der Waals surface area contributed by atoms with Gasteiger partial charge < -0.3 is 15.0 Å². The smallest absolute Gasteiger partial charge is 0.229 e. The Kier molecular flexibility index (Phi) is 7.08. The fourth-order valence-electron chi connectivity index (χ4n) is 4.50. The highest BCUT2D eigenvalue weighted by atomic mass is 16.5. The van der Waals surface area contributed by atoms with Gasteiger partial charge in [0.15, 0.2) is 0 Å². The topological polar surface area (TPSA) is 58.6 Å². The number of anilines is 1. The quantitative estimate of drug-likeness (QED) is 0.573. The van der Waals surface area contributed by atoms with E-state index in [2.05, 4.69) is 30.4 Å². The Morgan fingerprint density at radius 2 is 1.76 bits per heavy atom. The Hall–Kier alpha value is -3.60. The van der Waals surface area contributed by atoms with Crippen LogP contribution in [0.4, 0.5) is 5.69 Å². The van der Waals surface area contributed by atoms with Crippen LogP contribution in [0.15, 0.2) is 78.9 Å². The predicted octanol–water partition coefficient (Wildman–Crippen LogP) is 5.16. The first-order chi connectivity index (χ1) is 16.0. The minimum atomic E-state index is -0.267. The molecule has 0 bridgehead atoms. The van der Waals surface area contributed by atoms with Gasteiger partial charge in [-0.25, -0.2) is 0 Å². The lowest BCUT2D eigenvalue weighted by Crippen LogP contribution is -2.46. The van der Waals surface area contributed by atoms with Crippen LogP contribution in [0.1, 0.15) is 35.6 Å². The summed E-state index contributed by atoms with van der Waals surface area (Å²) in [5.74, 6) is 0.405. The summed E-state index contributed by atoms with van der Waals surface area (Å²) < 4.78 is 5.26. The van der Waals surface area contributed by atoms with Crippen LogP contribution in [0.3, 0.4) is 0 Å². The van der Waals surface area contributed by atoms with Crippen molar-refractivity contribution in [3.05, 3.63) is 95.6 Å². The molecule has 3 aromatic rings. The number of nitrogens with one attached hydrogen (secondary N) is 1. The molecule has 0 saturated carbocycles. The van der Waals surface area contributed by atoms with Gasteiger partial charge in [0.1, 0.15) is 5.75 Å². The van der Waals surface area contributed by atoms with Crippen LogP contribution in [0, 0.1) is 12.8 Å². The van der Waals surface area contributed by atoms with E-state index < -0.39 is 0 Å². The molecule has 1 fully saturated rings. The first-order valence-electron chi connectivity index (χ1n) is 11.4. The molecule has 170 valence electrons. The Labute approximate surface area is 195 Å². The molecule has 0 aromatic heterocycles. The molecule has 4 rings (SSSR count). The lowest BCUT2D eigenvalue weighted by molar-refractivity contribution is -0.137. The molecule has 3 aromatic carbocycles. The minimum Gasteiger partial charge on any atom is -0.497 e. The number of methoxy groups -OCH3 is 1. The number of hydrogen-bond acceptors (Lipinski definition) is 3. The molecule has 33 heavy (non-hydrogen) atoms. The summed E-state index contributed by atoms with van der Waals surface area (Å²) in [6, 6.07) is 25.4. The average molecular weight is 443 g/mol. The molecule has 1 N–H and O–H groups in total. The maximum Gasteiger partial charge on any atom is 0.229 e. The van der Waals surface area contributed by atoms with Crippen LogP contribution in [0.5, 0.6) is 5.75 Å². The van der Waals surface area contributed by atoms with Gasteiger partial charge in [0.25, 0.3) is 0 Å². The molecule has 0 aliphatic carbocycles. The molecular formula is C28H30N2O3. The van der Waals surface area contributed by atoms with Gasteiger partial charge in [0.05, 0.1) is 25.5 Å². The predicted molar refractivity (Wildman–Crippen MR) is 130 cm³/mol. The molecule has 5 heteroatoms. The average Bonchev–Trinajstić information content (AvgIpc) is 2.84. The van der Waals surface area contributed by atoms with Crippen molar-refractivity contribution >= 4 is 17.5 Å². The summed E-state index contributed by atoms with van der Waals surface area (Å²) in [6.45, 7) is 2.47. The number of rotatable bonds is 6. The van der Waals surface area contributed by atoms with Gasteiger partial charge in [0, 0.05) is 18.3 Å². The van der Waals surface area contributed by atoms with Crippen molar-refractivity contribution in [2.45, 2.75) is 32.2 Å². The van der Waals surface area contributed by atoms with Crippen LogP contribution in [0.2, 0.25) is 0 Å². The van der Waals surface area contributed by atoms with Crippen LogP contribution in [-0.4, -0.2) is 30.4 Å². The van der Waals surface area contributed by atoms with Gasteiger partial charge in [-0.1, -0.05) is 66.2 Å². The first-order valence-corrected chi connectivity index (χ1v) is 11.4. The second-order valence-corrected chi connectivity index (χ2v) is 8.63. The third-order valence-corrected chi connectivity index (χ3v) is 6.24. The molecule has 5 nitrogen and oxygen atoms in total. The number of hydrogen-bond donors (Lipinski definition) is 1. The van der Waals surface area contributed by atoms with E-state index in [1.165, 1.54) is 5.56 Å². The van der Waals surface area contributed by atoms with Crippen molar-refractivity contribution in [3.8, 4) is 5.75 Å². The van der Waals surface area contributed by atoms with E-state index in [0.29, 0.717) is 24.4 Å². The van der Waals surface area contributed by atoms with Crippen LogP contribution in [0.25, 0.3) is 0 Å². The summed E-state index contributed by atoms with van der Waals surface area (Å²) >= 11 is 0. The zero-order valence-corrected chi connectivity index (χ0v) is 19.2. The lowest BCUT2D eigenvalue weighted by Gasteiger charge is -2.39. The largest absolute Gasteiger partial charge is 0.497 e. The summed E-state index contributed by atoms with van der Waals surface area (Å²) in [6.07, 6.45) is 1.80. The number of carbonyl (C=O) groups excluding carboxylic acids is 2. The summed E-state index contributed by atoms with van der Waals surface area (Å²) in [4.78, 5) is 28.4. The third-order valence-electron chi connectivity index (χ3n) is 6.24. The van der Waals surface area contributed by atoms with Crippen molar-refractivity contribution in [3.63, 3.8) is 0 Å². The third kappa shape index (κ3) is 5.61. The Morgan fingerprint density at radius 3 is 2.52 bits per heavy atom. The number of aryl methyl sites for hydroxylation is 1. The van der Waals surface area contributed by atoms with E-state index in [4.69, 9.17) is 4.74 Å². The summed E-state index contributed by atoms with van der Waals surface area (Å²) in [5, 5.41) is 3.00. The van der Waals surface area contributed by atoms with Crippen molar-refractivity contribution in [2.75, 3.05) is 19.0 Å². The molecule has 1 saturated heterocycles. The maximum absolute atomic E-state index is 13.4. The Balaban J connectivity index is 1.53. The maximum atomic E-state index is 13.4. The molecule has 1 aliphatic rings. The zero-order valence-electron chi connectivity index (χ0n) is 19.2. The zero-order chi connectivity index (χ0) is 23.2. The number of ether oxygens (including phenoxy) is 1. The molecule has 2 atom stereocenters. The van der Waals surface area contributed by atoms with E-state index >= 15 is 0 Å². The van der Waals surface area contributed by atoms with Gasteiger partial charge in [0.2, 0.25) is 11.8 Å². The van der Waals surface area contributed by atoms with E-state index in [1.54, 1.807) is 13.2 Å². The standard InChI is InChI=1S/C28H30N2O3/c1-20-8-6-11-22(16-20)26-15-14-23(28(32)29-24-12-7-13-25(18-24)33-2)19-30(26)27(31)17-21-9-4-3-5-10-21/h3-13,16,18,23,26H,14-15,17,19H2,1-2H3,(H,29,32). The van der Waals surface area contributed by atoms with Crippen LogP contribution in [-0.2, 0) is 16.0 Å². The summed E-state index contributed by atoms with van der Waals surface area (Å²) in [7, 11) is 1.60. The monoisotopic (exact) mass is 442 g/mol. The van der Waals surface area contributed by atoms with E-state index in [1.807, 2.05) is 59.5 Å². The number of amides is 2. The second kappa shape index (κ2) is 10.3. The molecule has 0 radical (unpaired) electrons. The molecule has 0 spiro atoms.